The summed E-state index contributed by atoms with van der Waals surface area (Å²) in [5.41, 5.74) is 1.35. The molecular weight excluding hydrogens is 278 g/mol. The maximum Gasteiger partial charge on any atom is 0.164 e. The van der Waals surface area contributed by atoms with Gasteiger partial charge in [0.25, 0.3) is 0 Å². The van der Waals surface area contributed by atoms with E-state index in [1.165, 1.54) is 12.1 Å². The summed E-state index contributed by atoms with van der Waals surface area (Å²) in [5.74, 6) is 0.0523. The lowest BCUT2D eigenvalue weighted by atomic mass is 10.0. The van der Waals surface area contributed by atoms with E-state index in [9.17, 15) is 15.0 Å². The molecule has 0 saturated carbocycles. The number of hydrogen-bond donors (Lipinski definition) is 3. The van der Waals surface area contributed by atoms with Gasteiger partial charge in [-0.2, -0.15) is 0 Å². The van der Waals surface area contributed by atoms with Crippen LogP contribution in [0, 0.1) is 0 Å². The Balaban J connectivity index is 1.82. The molecular formula is C18H21NO3. The molecule has 0 aliphatic carbocycles. The summed E-state index contributed by atoms with van der Waals surface area (Å²) in [4.78, 5) is 12.0. The molecule has 2 rings (SSSR count). The summed E-state index contributed by atoms with van der Waals surface area (Å²) in [6.07, 6.45) is -0.299. The number of nitrogens with one attached hydrogen (secondary N) is 1. The molecule has 4 nitrogen and oxygen atoms in total. The fourth-order valence-electron chi connectivity index (χ4n) is 2.29. The summed E-state index contributed by atoms with van der Waals surface area (Å²) in [5, 5.41) is 22.8. The third kappa shape index (κ3) is 4.41. The smallest absolute Gasteiger partial charge is 0.164 e. The Morgan fingerprint density at radius 3 is 2.55 bits per heavy atom. The quantitative estimate of drug-likeness (QED) is 0.688. The number of hydrogen-bond acceptors (Lipinski definition) is 4. The molecule has 0 radical (unpaired) electrons. The van der Waals surface area contributed by atoms with E-state index in [4.69, 9.17) is 0 Å². The molecule has 116 valence electrons. The molecule has 0 fully saturated rings. The molecule has 4 heteroatoms. The number of phenols is 1. The first kappa shape index (κ1) is 16.2. The van der Waals surface area contributed by atoms with E-state index in [1.807, 2.05) is 37.3 Å². The van der Waals surface area contributed by atoms with Gasteiger partial charge >= 0.3 is 0 Å². The summed E-state index contributed by atoms with van der Waals surface area (Å²) >= 11 is 0. The number of benzene rings is 2. The van der Waals surface area contributed by atoms with Crippen molar-refractivity contribution in [2.24, 2.45) is 0 Å². The van der Waals surface area contributed by atoms with Gasteiger partial charge in [0, 0.05) is 24.6 Å². The second kappa shape index (κ2) is 7.73. The summed E-state index contributed by atoms with van der Waals surface area (Å²) < 4.78 is 0. The molecule has 0 bridgehead atoms. The van der Waals surface area contributed by atoms with Crippen molar-refractivity contribution in [2.45, 2.75) is 25.5 Å². The highest BCUT2D eigenvalue weighted by atomic mass is 16.3. The van der Waals surface area contributed by atoms with Gasteiger partial charge in [-0.05, 0) is 24.6 Å². The standard InChI is InChI=1S/C18H21NO3/c1-13(18(22)14-6-3-2-4-7-14)19-11-10-17(21)15-8-5-9-16(20)12-15/h2-9,12-13,18-20,22H,10-11H2,1H3. The van der Waals surface area contributed by atoms with Gasteiger partial charge in [0.2, 0.25) is 0 Å². The van der Waals surface area contributed by atoms with Gasteiger partial charge in [0.1, 0.15) is 5.75 Å². The Hall–Kier alpha value is -2.17. The van der Waals surface area contributed by atoms with Crippen LogP contribution in [0.25, 0.3) is 0 Å². The molecule has 2 unspecified atom stereocenters. The molecule has 0 aliphatic heterocycles. The van der Waals surface area contributed by atoms with Gasteiger partial charge in [-0.25, -0.2) is 0 Å². The van der Waals surface area contributed by atoms with Crippen molar-refractivity contribution in [1.29, 1.82) is 0 Å². The number of phenolic OH excluding ortho intramolecular Hbond substituents is 1. The van der Waals surface area contributed by atoms with Gasteiger partial charge in [0.15, 0.2) is 5.78 Å². The average molecular weight is 299 g/mol. The van der Waals surface area contributed by atoms with E-state index in [0.717, 1.165) is 5.56 Å². The Kier molecular flexibility index (Phi) is 5.69. The van der Waals surface area contributed by atoms with Crippen LogP contribution >= 0.6 is 0 Å². The fourth-order valence-corrected chi connectivity index (χ4v) is 2.29. The predicted octanol–water partition coefficient (Wildman–Crippen LogP) is 2.68. The summed E-state index contributed by atoms with van der Waals surface area (Å²) in [6, 6.07) is 15.6. The van der Waals surface area contributed by atoms with Crippen LogP contribution in [0.1, 0.15) is 35.4 Å². The lowest BCUT2D eigenvalue weighted by Gasteiger charge is -2.20. The first-order chi connectivity index (χ1) is 10.6. The minimum absolute atomic E-state index is 0.0372. The molecule has 0 aliphatic rings. The lowest BCUT2D eigenvalue weighted by Crippen LogP contribution is -2.33. The zero-order valence-electron chi connectivity index (χ0n) is 12.6. The first-order valence-corrected chi connectivity index (χ1v) is 7.36. The third-order valence-corrected chi connectivity index (χ3v) is 3.60. The van der Waals surface area contributed by atoms with Crippen LogP contribution in [0.15, 0.2) is 54.6 Å². The van der Waals surface area contributed by atoms with Crippen LogP contribution in [-0.2, 0) is 0 Å². The number of ketones is 1. The second-order valence-electron chi connectivity index (χ2n) is 5.32. The molecule has 0 heterocycles. The van der Waals surface area contributed by atoms with Crippen LogP contribution in [0.5, 0.6) is 5.75 Å². The number of Topliss-reactive ketones (excluding diaryl/α,β-unsaturated/α-hetero) is 1. The van der Waals surface area contributed by atoms with Crippen LogP contribution in [-0.4, -0.2) is 28.6 Å². The highest BCUT2D eigenvalue weighted by Gasteiger charge is 2.16. The van der Waals surface area contributed by atoms with Crippen molar-refractivity contribution in [2.75, 3.05) is 6.54 Å². The summed E-state index contributed by atoms with van der Waals surface area (Å²) in [6.45, 7) is 2.36. The Bertz CT molecular complexity index is 613. The SMILES string of the molecule is CC(NCCC(=O)c1cccc(O)c1)C(O)c1ccccc1. The normalized spacial score (nSPS) is 13.5. The van der Waals surface area contributed by atoms with Gasteiger partial charge in [-0.1, -0.05) is 42.5 Å². The number of aliphatic hydroxyl groups excluding tert-OH is 1. The van der Waals surface area contributed by atoms with E-state index in [1.54, 1.807) is 12.1 Å². The minimum Gasteiger partial charge on any atom is -0.508 e. The van der Waals surface area contributed by atoms with Gasteiger partial charge in [-0.3, -0.25) is 4.79 Å². The third-order valence-electron chi connectivity index (χ3n) is 3.60. The van der Waals surface area contributed by atoms with Crippen LogP contribution in [0.2, 0.25) is 0 Å². The van der Waals surface area contributed by atoms with Crippen molar-refractivity contribution in [3.63, 3.8) is 0 Å². The highest BCUT2D eigenvalue weighted by molar-refractivity contribution is 5.96. The van der Waals surface area contributed by atoms with Crippen molar-refractivity contribution >= 4 is 5.78 Å². The Morgan fingerprint density at radius 1 is 1.14 bits per heavy atom. The van der Waals surface area contributed by atoms with E-state index in [2.05, 4.69) is 5.32 Å². The molecule has 2 aromatic carbocycles. The number of aliphatic hydroxyl groups is 1. The Morgan fingerprint density at radius 2 is 1.86 bits per heavy atom. The highest BCUT2D eigenvalue weighted by Crippen LogP contribution is 2.16. The number of carbonyl (C=O) groups excluding carboxylic acids is 1. The van der Waals surface area contributed by atoms with Crippen LogP contribution < -0.4 is 5.32 Å². The molecule has 0 saturated heterocycles. The monoisotopic (exact) mass is 299 g/mol. The minimum atomic E-state index is -0.614. The van der Waals surface area contributed by atoms with Gasteiger partial charge in [0.05, 0.1) is 6.10 Å². The average Bonchev–Trinajstić information content (AvgIpc) is 2.54. The molecule has 0 spiro atoms. The Labute approximate surface area is 130 Å². The van der Waals surface area contributed by atoms with Crippen LogP contribution in [0.3, 0.4) is 0 Å². The fraction of sp³-hybridized carbons (Fsp3) is 0.278. The number of aromatic hydroxyl groups is 1. The van der Waals surface area contributed by atoms with E-state index in [-0.39, 0.29) is 17.6 Å². The van der Waals surface area contributed by atoms with E-state index < -0.39 is 6.10 Å². The van der Waals surface area contributed by atoms with Crippen molar-refractivity contribution in [3.8, 4) is 5.75 Å². The largest absolute Gasteiger partial charge is 0.508 e. The second-order valence-corrected chi connectivity index (χ2v) is 5.32. The molecule has 2 atom stereocenters. The molecule has 0 amide bonds. The van der Waals surface area contributed by atoms with Gasteiger partial charge in [-0.15, -0.1) is 0 Å². The maximum absolute atomic E-state index is 12.0. The van der Waals surface area contributed by atoms with Crippen LogP contribution in [0.4, 0.5) is 0 Å². The zero-order chi connectivity index (χ0) is 15.9. The number of rotatable bonds is 7. The molecule has 0 aromatic heterocycles. The maximum atomic E-state index is 12.0. The zero-order valence-corrected chi connectivity index (χ0v) is 12.6. The number of carbonyl (C=O) groups is 1. The molecule has 3 N–H and O–H groups in total. The van der Waals surface area contributed by atoms with Crippen molar-refractivity contribution in [1.82, 2.24) is 5.32 Å². The summed E-state index contributed by atoms with van der Waals surface area (Å²) in [7, 11) is 0. The lowest BCUT2D eigenvalue weighted by molar-refractivity contribution is 0.0971. The van der Waals surface area contributed by atoms with E-state index >= 15 is 0 Å². The topological polar surface area (TPSA) is 69.6 Å². The van der Waals surface area contributed by atoms with Gasteiger partial charge < -0.3 is 15.5 Å². The molecule has 2 aromatic rings. The predicted molar refractivity (Wildman–Crippen MR) is 85.9 cm³/mol. The van der Waals surface area contributed by atoms with Crippen molar-refractivity contribution < 1.29 is 15.0 Å². The van der Waals surface area contributed by atoms with E-state index in [0.29, 0.717) is 18.5 Å². The molecule has 22 heavy (non-hydrogen) atoms. The first-order valence-electron chi connectivity index (χ1n) is 7.36. The van der Waals surface area contributed by atoms with Crippen molar-refractivity contribution in [3.05, 3.63) is 65.7 Å².